The van der Waals surface area contributed by atoms with E-state index in [2.05, 4.69) is 21.1 Å². The van der Waals surface area contributed by atoms with Gasteiger partial charge in [0.1, 0.15) is 6.61 Å². The van der Waals surface area contributed by atoms with Crippen LogP contribution in [0.1, 0.15) is 29.9 Å². The molecule has 0 aliphatic heterocycles. The van der Waals surface area contributed by atoms with Crippen LogP contribution >= 0.6 is 27.3 Å². The van der Waals surface area contributed by atoms with Gasteiger partial charge < -0.3 is 9.94 Å². The SMILES string of the molecule is CC=C(C(=O)O)c1sc2ccccc2c1CON=C(C)c1cccc(Br)c1. The van der Waals surface area contributed by atoms with Gasteiger partial charge in [-0.25, -0.2) is 4.79 Å². The summed E-state index contributed by atoms with van der Waals surface area (Å²) in [7, 11) is 0. The summed E-state index contributed by atoms with van der Waals surface area (Å²) in [4.78, 5) is 18.0. The van der Waals surface area contributed by atoms with Crippen LogP contribution in [0.2, 0.25) is 0 Å². The van der Waals surface area contributed by atoms with Crippen LogP contribution in [0.15, 0.2) is 64.2 Å². The van der Waals surface area contributed by atoms with E-state index in [0.717, 1.165) is 31.4 Å². The number of aliphatic carboxylic acids is 1. The van der Waals surface area contributed by atoms with Crippen LogP contribution in [0.5, 0.6) is 0 Å². The van der Waals surface area contributed by atoms with Crippen molar-refractivity contribution in [2.24, 2.45) is 5.16 Å². The molecule has 0 aliphatic carbocycles. The maximum Gasteiger partial charge on any atom is 0.336 e. The van der Waals surface area contributed by atoms with Gasteiger partial charge in [-0.15, -0.1) is 11.3 Å². The van der Waals surface area contributed by atoms with E-state index in [-0.39, 0.29) is 12.2 Å². The predicted octanol–water partition coefficient (Wildman–Crippen LogP) is 6.09. The summed E-state index contributed by atoms with van der Waals surface area (Å²) in [6, 6.07) is 15.7. The second-order valence-corrected chi connectivity index (χ2v) is 7.84. The van der Waals surface area contributed by atoms with Gasteiger partial charge in [-0.2, -0.15) is 0 Å². The molecule has 1 aromatic heterocycles. The van der Waals surface area contributed by atoms with Gasteiger partial charge in [0.15, 0.2) is 0 Å². The summed E-state index contributed by atoms with van der Waals surface area (Å²) in [6.45, 7) is 3.81. The van der Waals surface area contributed by atoms with Crippen LogP contribution in [-0.2, 0) is 16.2 Å². The topological polar surface area (TPSA) is 58.9 Å². The first kappa shape index (κ1) is 19.3. The van der Waals surface area contributed by atoms with Crippen molar-refractivity contribution < 1.29 is 14.7 Å². The van der Waals surface area contributed by atoms with Crippen molar-refractivity contribution >= 4 is 54.6 Å². The first-order chi connectivity index (χ1) is 13.0. The van der Waals surface area contributed by atoms with Gasteiger partial charge in [0.2, 0.25) is 0 Å². The molecule has 0 aliphatic rings. The monoisotopic (exact) mass is 443 g/mol. The zero-order valence-corrected chi connectivity index (χ0v) is 17.3. The second-order valence-electron chi connectivity index (χ2n) is 5.87. The molecule has 0 saturated heterocycles. The van der Waals surface area contributed by atoms with Gasteiger partial charge in [-0.05, 0) is 37.4 Å². The zero-order chi connectivity index (χ0) is 19.4. The highest BCUT2D eigenvalue weighted by Crippen LogP contribution is 2.36. The Hall–Kier alpha value is -2.44. The van der Waals surface area contributed by atoms with Gasteiger partial charge in [0.05, 0.1) is 11.3 Å². The van der Waals surface area contributed by atoms with E-state index in [1.807, 2.05) is 55.5 Å². The highest BCUT2D eigenvalue weighted by molar-refractivity contribution is 9.10. The number of rotatable bonds is 6. The van der Waals surface area contributed by atoms with E-state index in [0.29, 0.717) is 4.88 Å². The largest absolute Gasteiger partial charge is 0.478 e. The van der Waals surface area contributed by atoms with Gasteiger partial charge in [0, 0.05) is 25.2 Å². The van der Waals surface area contributed by atoms with Crippen LogP contribution in [-0.4, -0.2) is 16.8 Å². The number of benzene rings is 2. The molecule has 0 atom stereocenters. The summed E-state index contributed by atoms with van der Waals surface area (Å²) < 4.78 is 2.00. The number of nitrogens with zero attached hydrogens (tertiary/aromatic N) is 1. The third-order valence-electron chi connectivity index (χ3n) is 4.11. The number of carboxylic acids is 1. The molecule has 27 heavy (non-hydrogen) atoms. The summed E-state index contributed by atoms with van der Waals surface area (Å²) in [5.41, 5.74) is 2.83. The average molecular weight is 444 g/mol. The van der Waals surface area contributed by atoms with Crippen LogP contribution in [0.3, 0.4) is 0 Å². The van der Waals surface area contributed by atoms with Gasteiger partial charge in [-0.3, -0.25) is 0 Å². The van der Waals surface area contributed by atoms with E-state index >= 15 is 0 Å². The van der Waals surface area contributed by atoms with Crippen LogP contribution in [0, 0.1) is 0 Å². The first-order valence-electron chi connectivity index (χ1n) is 8.34. The Bertz CT molecular complexity index is 1050. The van der Waals surface area contributed by atoms with Crippen molar-refractivity contribution in [1.29, 1.82) is 0 Å². The molecule has 0 spiro atoms. The zero-order valence-electron chi connectivity index (χ0n) is 14.9. The highest BCUT2D eigenvalue weighted by Gasteiger charge is 2.19. The van der Waals surface area contributed by atoms with Crippen molar-refractivity contribution in [3.63, 3.8) is 0 Å². The minimum Gasteiger partial charge on any atom is -0.478 e. The lowest BCUT2D eigenvalue weighted by molar-refractivity contribution is -0.130. The number of carbonyl (C=O) groups is 1. The number of halogens is 1. The smallest absolute Gasteiger partial charge is 0.336 e. The molecule has 3 rings (SSSR count). The fraction of sp³-hybridized carbons (Fsp3) is 0.143. The molecule has 0 unspecified atom stereocenters. The Morgan fingerprint density at radius 1 is 1.26 bits per heavy atom. The lowest BCUT2D eigenvalue weighted by Gasteiger charge is -2.06. The number of fused-ring (bicyclic) bond motifs is 1. The Morgan fingerprint density at radius 3 is 2.74 bits per heavy atom. The molecular formula is C21H18BrNO3S. The molecule has 1 N–H and O–H groups in total. The van der Waals surface area contributed by atoms with Gasteiger partial charge in [0.25, 0.3) is 0 Å². The molecule has 6 heteroatoms. The summed E-state index contributed by atoms with van der Waals surface area (Å²) in [6.07, 6.45) is 1.62. The number of carboxylic acid groups (broad SMARTS) is 1. The second kappa shape index (κ2) is 8.50. The molecule has 0 fully saturated rings. The summed E-state index contributed by atoms with van der Waals surface area (Å²) in [5.74, 6) is -0.945. The fourth-order valence-electron chi connectivity index (χ4n) is 2.77. The standard InChI is InChI=1S/C21H18BrNO3S/c1-3-16(21(24)25)20-18(17-9-4-5-10-19(17)27-20)12-26-23-13(2)14-7-6-8-15(22)11-14/h3-11H,12H2,1-2H3,(H,24,25). The minimum atomic E-state index is -0.945. The van der Waals surface area contributed by atoms with Crippen LogP contribution in [0.4, 0.5) is 0 Å². The molecule has 2 aromatic carbocycles. The normalized spacial score (nSPS) is 12.4. The third kappa shape index (κ3) is 4.28. The Kier molecular flexibility index (Phi) is 6.08. The maximum atomic E-state index is 11.6. The van der Waals surface area contributed by atoms with Gasteiger partial charge >= 0.3 is 5.97 Å². The van der Waals surface area contributed by atoms with E-state index in [9.17, 15) is 9.90 Å². The van der Waals surface area contributed by atoms with Gasteiger partial charge in [-0.1, -0.05) is 57.5 Å². The van der Waals surface area contributed by atoms with Crippen molar-refractivity contribution in [2.45, 2.75) is 20.5 Å². The van der Waals surface area contributed by atoms with Crippen molar-refractivity contribution in [3.05, 3.63) is 75.1 Å². The molecule has 4 nitrogen and oxygen atoms in total. The van der Waals surface area contributed by atoms with Crippen LogP contribution in [0.25, 0.3) is 15.7 Å². The molecule has 3 aromatic rings. The molecule has 1 heterocycles. The molecule has 0 amide bonds. The average Bonchev–Trinajstić information content (AvgIpc) is 3.00. The van der Waals surface area contributed by atoms with E-state index in [4.69, 9.17) is 4.84 Å². The molecule has 0 saturated carbocycles. The van der Waals surface area contributed by atoms with E-state index in [1.165, 1.54) is 11.3 Å². The minimum absolute atomic E-state index is 0.204. The summed E-state index contributed by atoms with van der Waals surface area (Å²) in [5, 5.41) is 14.7. The first-order valence-corrected chi connectivity index (χ1v) is 9.95. The lowest BCUT2D eigenvalue weighted by Crippen LogP contribution is -2.01. The Labute approximate surface area is 169 Å². The van der Waals surface area contributed by atoms with E-state index in [1.54, 1.807) is 13.0 Å². The maximum absolute atomic E-state index is 11.6. The molecular weight excluding hydrogens is 426 g/mol. The third-order valence-corrected chi connectivity index (χ3v) is 5.85. The van der Waals surface area contributed by atoms with Crippen molar-refractivity contribution in [3.8, 4) is 0 Å². The number of oxime groups is 1. The molecule has 138 valence electrons. The number of hydrogen-bond acceptors (Lipinski definition) is 4. The fourth-order valence-corrected chi connectivity index (χ4v) is 4.45. The quantitative estimate of drug-likeness (QED) is 0.284. The Balaban J connectivity index is 1.92. The van der Waals surface area contributed by atoms with E-state index < -0.39 is 5.97 Å². The molecule has 0 radical (unpaired) electrons. The Morgan fingerprint density at radius 2 is 2.04 bits per heavy atom. The lowest BCUT2D eigenvalue weighted by atomic mass is 10.1. The predicted molar refractivity (Wildman–Crippen MR) is 114 cm³/mol. The van der Waals surface area contributed by atoms with Crippen molar-refractivity contribution in [1.82, 2.24) is 0 Å². The van der Waals surface area contributed by atoms with Crippen LogP contribution < -0.4 is 0 Å². The molecule has 0 bridgehead atoms. The summed E-state index contributed by atoms with van der Waals surface area (Å²) >= 11 is 4.91. The highest BCUT2D eigenvalue weighted by atomic mass is 79.9. The van der Waals surface area contributed by atoms with Crippen molar-refractivity contribution in [2.75, 3.05) is 0 Å². The number of hydrogen-bond donors (Lipinski definition) is 1. The number of thiophene rings is 1. The number of allylic oxidation sites excluding steroid dienone is 1.